The molecule has 0 radical (unpaired) electrons. The zero-order valence-corrected chi connectivity index (χ0v) is 13.3. The first-order chi connectivity index (χ1) is 11.8. The largest absolute Gasteiger partial charge is 0.366 e. The van der Waals surface area contributed by atoms with Crippen LogP contribution in [0.15, 0.2) is 36.4 Å². The minimum atomic E-state index is -0.978. The van der Waals surface area contributed by atoms with Gasteiger partial charge in [-0.1, -0.05) is 12.1 Å². The summed E-state index contributed by atoms with van der Waals surface area (Å²) in [7, 11) is 1.35. The van der Waals surface area contributed by atoms with Crippen LogP contribution in [-0.2, 0) is 4.79 Å². The monoisotopic (exact) mass is 348 g/mol. The van der Waals surface area contributed by atoms with Gasteiger partial charge in [-0.25, -0.2) is 13.2 Å². The van der Waals surface area contributed by atoms with E-state index in [1.54, 1.807) is 0 Å². The molecule has 0 unspecified atom stereocenters. The van der Waals surface area contributed by atoms with Gasteiger partial charge >= 0.3 is 0 Å². The van der Waals surface area contributed by atoms with Crippen molar-refractivity contribution >= 4 is 17.5 Å². The fourth-order valence-electron chi connectivity index (χ4n) is 2.99. The van der Waals surface area contributed by atoms with E-state index in [-0.39, 0.29) is 17.2 Å². The highest BCUT2D eigenvalue weighted by Crippen LogP contribution is 2.49. The van der Waals surface area contributed by atoms with Gasteiger partial charge in [0.05, 0.1) is 11.3 Å². The van der Waals surface area contributed by atoms with Crippen molar-refractivity contribution in [1.82, 2.24) is 0 Å². The second-order valence-corrected chi connectivity index (χ2v) is 6.02. The summed E-state index contributed by atoms with van der Waals surface area (Å²) in [6.45, 7) is 0. The van der Waals surface area contributed by atoms with Gasteiger partial charge in [0.2, 0.25) is 5.91 Å². The molecule has 0 heterocycles. The predicted octanol–water partition coefficient (Wildman–Crippen LogP) is 2.97. The molecule has 130 valence electrons. The normalized spacial score (nSPS) is 18.7. The lowest BCUT2D eigenvalue weighted by Crippen LogP contribution is -2.31. The third kappa shape index (κ3) is 3.09. The first kappa shape index (κ1) is 17.0. The number of carbonyl (C=O) groups is 2. The van der Waals surface area contributed by atoms with Crippen LogP contribution in [-0.4, -0.2) is 18.9 Å². The Bertz CT molecular complexity index is 869. The molecule has 2 aromatic carbocycles. The minimum Gasteiger partial charge on any atom is -0.366 e. The van der Waals surface area contributed by atoms with Crippen LogP contribution in [0.1, 0.15) is 28.3 Å². The number of rotatable bonds is 4. The molecule has 2 amide bonds. The van der Waals surface area contributed by atoms with E-state index in [2.05, 4.69) is 0 Å². The van der Waals surface area contributed by atoms with E-state index in [0.717, 1.165) is 23.1 Å². The molecule has 1 fully saturated rings. The van der Waals surface area contributed by atoms with Crippen molar-refractivity contribution in [3.63, 3.8) is 0 Å². The Morgan fingerprint density at radius 1 is 1.08 bits per heavy atom. The van der Waals surface area contributed by atoms with Gasteiger partial charge < -0.3 is 10.6 Å². The lowest BCUT2D eigenvalue weighted by molar-refractivity contribution is -0.119. The fourth-order valence-corrected chi connectivity index (χ4v) is 2.99. The van der Waals surface area contributed by atoms with Crippen molar-refractivity contribution in [2.75, 3.05) is 11.9 Å². The average molecular weight is 348 g/mol. The predicted molar refractivity (Wildman–Crippen MR) is 85.5 cm³/mol. The zero-order valence-electron chi connectivity index (χ0n) is 13.3. The number of primary amides is 1. The SMILES string of the molecule is CN(C(=O)[C@@H]1C[C@H]1c1ccc(F)c(F)c1)c1c(F)cccc1C(N)=O. The molecule has 0 aromatic heterocycles. The molecular formula is C18H15F3N2O2. The number of carbonyl (C=O) groups excluding carboxylic acids is 2. The van der Waals surface area contributed by atoms with E-state index in [1.165, 1.54) is 25.2 Å². The number of benzene rings is 2. The van der Waals surface area contributed by atoms with Gasteiger partial charge in [-0.05, 0) is 42.2 Å². The molecule has 4 nitrogen and oxygen atoms in total. The number of para-hydroxylation sites is 1. The first-order valence-corrected chi connectivity index (χ1v) is 7.62. The number of anilines is 1. The molecule has 0 spiro atoms. The molecule has 2 N–H and O–H groups in total. The highest BCUT2D eigenvalue weighted by Gasteiger charge is 2.46. The summed E-state index contributed by atoms with van der Waals surface area (Å²) >= 11 is 0. The number of hydrogen-bond acceptors (Lipinski definition) is 2. The number of amides is 2. The molecule has 1 aliphatic carbocycles. The van der Waals surface area contributed by atoms with Gasteiger partial charge in [0.25, 0.3) is 5.91 Å². The second kappa shape index (κ2) is 6.23. The van der Waals surface area contributed by atoms with Crippen molar-refractivity contribution in [2.45, 2.75) is 12.3 Å². The Balaban J connectivity index is 1.83. The Morgan fingerprint density at radius 2 is 1.80 bits per heavy atom. The minimum absolute atomic E-state index is 0.0964. The van der Waals surface area contributed by atoms with Crippen molar-refractivity contribution in [3.8, 4) is 0 Å². The van der Waals surface area contributed by atoms with Gasteiger partial charge in [-0.3, -0.25) is 9.59 Å². The van der Waals surface area contributed by atoms with Gasteiger partial charge in [-0.2, -0.15) is 0 Å². The summed E-state index contributed by atoms with van der Waals surface area (Å²) in [6, 6.07) is 7.30. The van der Waals surface area contributed by atoms with E-state index in [4.69, 9.17) is 5.73 Å². The summed E-state index contributed by atoms with van der Waals surface area (Å²) < 4.78 is 40.5. The summed E-state index contributed by atoms with van der Waals surface area (Å²) in [5, 5.41) is 0. The molecule has 2 atom stereocenters. The second-order valence-electron chi connectivity index (χ2n) is 6.02. The quantitative estimate of drug-likeness (QED) is 0.923. The van der Waals surface area contributed by atoms with Crippen LogP contribution < -0.4 is 10.6 Å². The van der Waals surface area contributed by atoms with Crippen molar-refractivity contribution in [3.05, 3.63) is 65.0 Å². The molecule has 3 rings (SSSR count). The van der Waals surface area contributed by atoms with E-state index in [0.29, 0.717) is 12.0 Å². The summed E-state index contributed by atoms with van der Waals surface area (Å²) in [5.74, 6) is -4.69. The number of hydrogen-bond donors (Lipinski definition) is 1. The lowest BCUT2D eigenvalue weighted by Gasteiger charge is -2.20. The number of nitrogens with zero attached hydrogens (tertiary/aromatic N) is 1. The van der Waals surface area contributed by atoms with Gasteiger partial charge in [0, 0.05) is 13.0 Å². The molecule has 7 heteroatoms. The van der Waals surface area contributed by atoms with Crippen LogP contribution in [0.4, 0.5) is 18.9 Å². The molecule has 1 saturated carbocycles. The van der Waals surface area contributed by atoms with Crippen LogP contribution in [0, 0.1) is 23.4 Å². The molecule has 25 heavy (non-hydrogen) atoms. The molecule has 0 bridgehead atoms. The van der Waals surface area contributed by atoms with Crippen molar-refractivity contribution in [2.24, 2.45) is 11.7 Å². The molecular weight excluding hydrogens is 333 g/mol. The summed E-state index contributed by atoms with van der Waals surface area (Å²) in [6.07, 6.45) is 0.439. The van der Waals surface area contributed by atoms with Gasteiger partial charge in [0.15, 0.2) is 11.6 Å². The Labute approximate surface area is 142 Å². The number of nitrogens with two attached hydrogens (primary N) is 1. The zero-order chi connectivity index (χ0) is 18.3. The Hall–Kier alpha value is -2.83. The van der Waals surface area contributed by atoms with Gasteiger partial charge in [-0.15, -0.1) is 0 Å². The van der Waals surface area contributed by atoms with Crippen LogP contribution in [0.3, 0.4) is 0 Å². The highest BCUT2D eigenvalue weighted by molar-refractivity contribution is 6.05. The van der Waals surface area contributed by atoms with Crippen LogP contribution in [0.2, 0.25) is 0 Å². The van der Waals surface area contributed by atoms with E-state index < -0.39 is 35.2 Å². The van der Waals surface area contributed by atoms with Crippen LogP contribution in [0.5, 0.6) is 0 Å². The van der Waals surface area contributed by atoms with E-state index >= 15 is 0 Å². The topological polar surface area (TPSA) is 63.4 Å². The maximum atomic E-state index is 14.1. The smallest absolute Gasteiger partial charge is 0.250 e. The molecule has 1 aliphatic rings. The van der Waals surface area contributed by atoms with Crippen LogP contribution >= 0.6 is 0 Å². The Kier molecular flexibility index (Phi) is 4.24. The van der Waals surface area contributed by atoms with E-state index in [9.17, 15) is 22.8 Å². The van der Waals surface area contributed by atoms with Crippen molar-refractivity contribution in [1.29, 1.82) is 0 Å². The molecule has 2 aromatic rings. The first-order valence-electron chi connectivity index (χ1n) is 7.62. The number of halogens is 3. The summed E-state index contributed by atoms with van der Waals surface area (Å²) in [4.78, 5) is 25.1. The van der Waals surface area contributed by atoms with E-state index in [1.807, 2.05) is 0 Å². The van der Waals surface area contributed by atoms with Crippen molar-refractivity contribution < 1.29 is 22.8 Å². The maximum Gasteiger partial charge on any atom is 0.250 e. The Morgan fingerprint density at radius 3 is 2.44 bits per heavy atom. The van der Waals surface area contributed by atoms with Gasteiger partial charge in [0.1, 0.15) is 5.82 Å². The molecule has 0 aliphatic heterocycles. The van der Waals surface area contributed by atoms with Crippen LogP contribution in [0.25, 0.3) is 0 Å². The summed E-state index contributed by atoms with van der Waals surface area (Å²) in [5.41, 5.74) is 5.47. The fraction of sp³-hybridized carbons (Fsp3) is 0.222. The highest BCUT2D eigenvalue weighted by atomic mass is 19.2. The average Bonchev–Trinajstić information content (AvgIpc) is 3.36. The third-order valence-corrected chi connectivity index (χ3v) is 4.40. The lowest BCUT2D eigenvalue weighted by atomic mass is 10.1. The standard InChI is InChI=1S/C18H15F3N2O2/c1-23(16-10(17(22)24)3-2-4-14(16)20)18(25)12-8-11(12)9-5-6-13(19)15(21)7-9/h2-7,11-12H,8H2,1H3,(H2,22,24)/t11-,12+/m0/s1. The third-order valence-electron chi connectivity index (χ3n) is 4.40. The molecule has 0 saturated heterocycles. The maximum absolute atomic E-state index is 14.1.